The SMILES string of the molecule is CCC(CC)NC(=O)COC(=O)c1ccc(NC)c([N+](=O)[O-])c1. The van der Waals surface area contributed by atoms with Gasteiger partial charge in [-0.05, 0) is 25.0 Å². The first-order valence-corrected chi connectivity index (χ1v) is 7.35. The zero-order chi connectivity index (χ0) is 17.4. The fraction of sp³-hybridized carbons (Fsp3) is 0.467. The van der Waals surface area contributed by atoms with Gasteiger partial charge in [-0.15, -0.1) is 0 Å². The lowest BCUT2D eigenvalue weighted by Gasteiger charge is -2.14. The summed E-state index contributed by atoms with van der Waals surface area (Å²) in [7, 11) is 1.54. The number of nitrogens with zero attached hydrogens (tertiary/aromatic N) is 1. The van der Waals surface area contributed by atoms with E-state index in [1.165, 1.54) is 12.1 Å². The first-order valence-electron chi connectivity index (χ1n) is 7.35. The normalized spacial score (nSPS) is 10.3. The van der Waals surface area contributed by atoms with Gasteiger partial charge in [0.25, 0.3) is 11.6 Å². The molecular weight excluding hydrogens is 302 g/mol. The molecule has 0 radical (unpaired) electrons. The zero-order valence-electron chi connectivity index (χ0n) is 13.4. The summed E-state index contributed by atoms with van der Waals surface area (Å²) in [5, 5.41) is 16.4. The standard InChI is InChI=1S/C15H21N3O5/c1-4-11(5-2)17-14(19)9-23-15(20)10-6-7-12(16-3)13(8-10)18(21)22/h6-8,11,16H,4-5,9H2,1-3H3,(H,17,19). The molecule has 2 N–H and O–H groups in total. The Labute approximate surface area is 134 Å². The molecule has 0 aliphatic carbocycles. The Morgan fingerprint density at radius 1 is 1.30 bits per heavy atom. The quantitative estimate of drug-likeness (QED) is 0.430. The highest BCUT2D eigenvalue weighted by Gasteiger charge is 2.18. The fourth-order valence-corrected chi connectivity index (χ4v) is 2.00. The van der Waals surface area contributed by atoms with Gasteiger partial charge in [0, 0.05) is 19.2 Å². The summed E-state index contributed by atoms with van der Waals surface area (Å²) in [5.41, 5.74) is 0.0764. The van der Waals surface area contributed by atoms with Gasteiger partial charge < -0.3 is 15.4 Å². The van der Waals surface area contributed by atoms with Gasteiger partial charge in [0.15, 0.2) is 6.61 Å². The largest absolute Gasteiger partial charge is 0.452 e. The van der Waals surface area contributed by atoms with E-state index in [0.717, 1.165) is 18.9 Å². The highest BCUT2D eigenvalue weighted by atomic mass is 16.6. The monoisotopic (exact) mass is 323 g/mol. The number of nitro benzene ring substituents is 1. The average Bonchev–Trinajstić information content (AvgIpc) is 2.56. The molecule has 1 rings (SSSR count). The van der Waals surface area contributed by atoms with Crippen LogP contribution in [0.25, 0.3) is 0 Å². The van der Waals surface area contributed by atoms with Crippen molar-refractivity contribution in [3.63, 3.8) is 0 Å². The van der Waals surface area contributed by atoms with E-state index in [1.807, 2.05) is 13.8 Å². The Hall–Kier alpha value is -2.64. The summed E-state index contributed by atoms with van der Waals surface area (Å²) >= 11 is 0. The van der Waals surface area contributed by atoms with Crippen molar-refractivity contribution in [2.75, 3.05) is 19.0 Å². The second-order valence-electron chi connectivity index (χ2n) is 4.90. The van der Waals surface area contributed by atoms with E-state index in [2.05, 4.69) is 10.6 Å². The summed E-state index contributed by atoms with van der Waals surface area (Å²) < 4.78 is 4.89. The number of esters is 1. The van der Waals surface area contributed by atoms with Crippen LogP contribution in [0.1, 0.15) is 37.0 Å². The van der Waals surface area contributed by atoms with Gasteiger partial charge in [-0.3, -0.25) is 14.9 Å². The molecular formula is C15H21N3O5. The third-order valence-corrected chi connectivity index (χ3v) is 3.38. The molecule has 0 saturated heterocycles. The van der Waals surface area contributed by atoms with E-state index >= 15 is 0 Å². The lowest BCUT2D eigenvalue weighted by Crippen LogP contribution is -2.36. The van der Waals surface area contributed by atoms with Gasteiger partial charge in [-0.1, -0.05) is 13.8 Å². The molecule has 0 aliphatic heterocycles. The number of amides is 1. The average molecular weight is 323 g/mol. The number of anilines is 1. The van der Waals surface area contributed by atoms with Crippen LogP contribution in [0.3, 0.4) is 0 Å². The Morgan fingerprint density at radius 3 is 2.48 bits per heavy atom. The number of nitro groups is 1. The molecule has 0 aliphatic rings. The lowest BCUT2D eigenvalue weighted by molar-refractivity contribution is -0.384. The number of nitrogens with one attached hydrogen (secondary N) is 2. The van der Waals surface area contributed by atoms with Crippen LogP contribution in [-0.4, -0.2) is 36.5 Å². The third-order valence-electron chi connectivity index (χ3n) is 3.38. The van der Waals surface area contributed by atoms with Crippen molar-refractivity contribution in [1.82, 2.24) is 5.32 Å². The van der Waals surface area contributed by atoms with Crippen LogP contribution in [0.2, 0.25) is 0 Å². The highest BCUT2D eigenvalue weighted by Crippen LogP contribution is 2.25. The second kappa shape index (κ2) is 8.72. The van der Waals surface area contributed by atoms with Crippen molar-refractivity contribution in [3.05, 3.63) is 33.9 Å². The van der Waals surface area contributed by atoms with E-state index < -0.39 is 23.4 Å². The number of benzene rings is 1. The molecule has 126 valence electrons. The summed E-state index contributed by atoms with van der Waals surface area (Å²) in [5.74, 6) is -1.18. The molecule has 8 heteroatoms. The molecule has 0 spiro atoms. The summed E-state index contributed by atoms with van der Waals surface area (Å²) in [6, 6.07) is 3.98. The maximum Gasteiger partial charge on any atom is 0.338 e. The van der Waals surface area contributed by atoms with Crippen LogP contribution in [0.15, 0.2) is 18.2 Å². The van der Waals surface area contributed by atoms with Crippen LogP contribution in [0.4, 0.5) is 11.4 Å². The summed E-state index contributed by atoms with van der Waals surface area (Å²) in [6.45, 7) is 3.47. The fourth-order valence-electron chi connectivity index (χ4n) is 2.00. The van der Waals surface area contributed by atoms with Gasteiger partial charge in [0.2, 0.25) is 0 Å². The molecule has 0 fully saturated rings. The van der Waals surface area contributed by atoms with E-state index in [4.69, 9.17) is 4.74 Å². The van der Waals surface area contributed by atoms with Crippen molar-refractivity contribution < 1.29 is 19.2 Å². The second-order valence-corrected chi connectivity index (χ2v) is 4.90. The smallest absolute Gasteiger partial charge is 0.338 e. The minimum absolute atomic E-state index is 0.0195. The molecule has 8 nitrogen and oxygen atoms in total. The number of carbonyl (C=O) groups is 2. The van der Waals surface area contributed by atoms with Gasteiger partial charge in [0.05, 0.1) is 10.5 Å². The van der Waals surface area contributed by atoms with Crippen molar-refractivity contribution >= 4 is 23.3 Å². The topological polar surface area (TPSA) is 111 Å². The van der Waals surface area contributed by atoms with E-state index in [0.29, 0.717) is 0 Å². The molecule has 0 atom stereocenters. The van der Waals surface area contributed by atoms with E-state index in [9.17, 15) is 19.7 Å². The Morgan fingerprint density at radius 2 is 1.96 bits per heavy atom. The number of rotatable bonds is 8. The van der Waals surface area contributed by atoms with Crippen LogP contribution in [-0.2, 0) is 9.53 Å². The Bertz CT molecular complexity index is 584. The van der Waals surface area contributed by atoms with E-state index in [1.54, 1.807) is 7.05 Å². The summed E-state index contributed by atoms with van der Waals surface area (Å²) in [6.07, 6.45) is 1.57. The first kappa shape index (κ1) is 18.4. The highest BCUT2D eigenvalue weighted by molar-refractivity contribution is 5.93. The van der Waals surface area contributed by atoms with Crippen molar-refractivity contribution in [3.8, 4) is 0 Å². The molecule has 1 amide bonds. The zero-order valence-corrected chi connectivity index (χ0v) is 13.4. The Kier molecular flexibility index (Phi) is 6.98. The molecule has 0 saturated carbocycles. The van der Waals surface area contributed by atoms with Gasteiger partial charge >= 0.3 is 5.97 Å². The van der Waals surface area contributed by atoms with Crippen LogP contribution in [0, 0.1) is 10.1 Å². The maximum atomic E-state index is 11.9. The Balaban J connectivity index is 2.70. The molecule has 0 heterocycles. The predicted molar refractivity (Wildman–Crippen MR) is 85.4 cm³/mol. The van der Waals surface area contributed by atoms with Gasteiger partial charge in [0.1, 0.15) is 5.69 Å². The van der Waals surface area contributed by atoms with Crippen molar-refractivity contribution in [2.24, 2.45) is 0 Å². The molecule has 0 bridgehead atoms. The third kappa shape index (κ3) is 5.24. The summed E-state index contributed by atoms with van der Waals surface area (Å²) in [4.78, 5) is 33.9. The number of ether oxygens (including phenoxy) is 1. The number of carbonyl (C=O) groups excluding carboxylic acids is 2. The maximum absolute atomic E-state index is 11.9. The molecule has 23 heavy (non-hydrogen) atoms. The van der Waals surface area contributed by atoms with Crippen molar-refractivity contribution in [2.45, 2.75) is 32.7 Å². The lowest BCUT2D eigenvalue weighted by atomic mass is 10.1. The van der Waals surface area contributed by atoms with E-state index in [-0.39, 0.29) is 23.0 Å². The molecule has 0 unspecified atom stereocenters. The molecule has 1 aromatic carbocycles. The van der Waals surface area contributed by atoms with Gasteiger partial charge in [-0.2, -0.15) is 0 Å². The van der Waals surface area contributed by atoms with Crippen LogP contribution >= 0.6 is 0 Å². The number of hydrogen-bond acceptors (Lipinski definition) is 6. The molecule has 0 aromatic heterocycles. The minimum atomic E-state index is -0.782. The number of hydrogen-bond donors (Lipinski definition) is 2. The van der Waals surface area contributed by atoms with Crippen LogP contribution in [0.5, 0.6) is 0 Å². The van der Waals surface area contributed by atoms with Gasteiger partial charge in [-0.25, -0.2) is 4.79 Å². The van der Waals surface area contributed by atoms with Crippen LogP contribution < -0.4 is 10.6 Å². The van der Waals surface area contributed by atoms with Crippen molar-refractivity contribution in [1.29, 1.82) is 0 Å². The predicted octanol–water partition coefficient (Wildman–Crippen LogP) is 2.10. The minimum Gasteiger partial charge on any atom is -0.452 e. The first-order chi connectivity index (χ1) is 10.9. The molecule has 1 aromatic rings.